The summed E-state index contributed by atoms with van der Waals surface area (Å²) in [5, 5.41) is 11.7. The average Bonchev–Trinajstić information content (AvgIpc) is 2.34. The average molecular weight is 282 g/mol. The van der Waals surface area contributed by atoms with Crippen molar-refractivity contribution < 1.29 is 5.11 Å². The number of rotatable bonds is 3. The van der Waals surface area contributed by atoms with Gasteiger partial charge in [-0.05, 0) is 30.7 Å². The van der Waals surface area contributed by atoms with E-state index in [1.54, 1.807) is 37.5 Å². The molecular formula is C14H13Cl2NO. The first-order valence-electron chi connectivity index (χ1n) is 5.56. The first-order valence-corrected chi connectivity index (χ1v) is 6.31. The van der Waals surface area contributed by atoms with E-state index in [0.717, 1.165) is 11.1 Å². The maximum absolute atomic E-state index is 10.5. The van der Waals surface area contributed by atoms with Crippen LogP contribution in [-0.2, 0) is 12.0 Å². The normalized spacial score (nSPS) is 14.2. The quantitative estimate of drug-likeness (QED) is 0.927. The van der Waals surface area contributed by atoms with Crippen molar-refractivity contribution in [1.29, 1.82) is 0 Å². The SMILES string of the molecule is CC(O)(Cc1ccc(Cl)cc1Cl)c1cccnc1. The fourth-order valence-corrected chi connectivity index (χ4v) is 2.29. The Kier molecular flexibility index (Phi) is 3.91. The number of hydrogen-bond donors (Lipinski definition) is 1. The topological polar surface area (TPSA) is 33.1 Å². The molecule has 1 atom stereocenters. The molecule has 1 aromatic carbocycles. The van der Waals surface area contributed by atoms with E-state index in [1.807, 2.05) is 12.1 Å². The molecule has 1 N–H and O–H groups in total. The molecule has 0 aliphatic rings. The van der Waals surface area contributed by atoms with Crippen LogP contribution in [0, 0.1) is 0 Å². The summed E-state index contributed by atoms with van der Waals surface area (Å²) in [7, 11) is 0. The number of pyridine rings is 1. The molecule has 0 aliphatic heterocycles. The highest BCUT2D eigenvalue weighted by atomic mass is 35.5. The standard InChI is InChI=1S/C14H13Cl2NO/c1-14(18,11-3-2-6-17-9-11)8-10-4-5-12(15)7-13(10)16/h2-7,9,18H,8H2,1H3. The lowest BCUT2D eigenvalue weighted by atomic mass is 9.90. The van der Waals surface area contributed by atoms with Gasteiger partial charge < -0.3 is 5.11 Å². The van der Waals surface area contributed by atoms with E-state index in [0.29, 0.717) is 16.5 Å². The van der Waals surface area contributed by atoms with Crippen molar-refractivity contribution in [3.63, 3.8) is 0 Å². The Labute approximate surface area is 116 Å². The van der Waals surface area contributed by atoms with Crippen LogP contribution in [0.15, 0.2) is 42.7 Å². The molecule has 0 bridgehead atoms. The lowest BCUT2D eigenvalue weighted by Crippen LogP contribution is -2.24. The molecule has 1 aromatic heterocycles. The van der Waals surface area contributed by atoms with Gasteiger partial charge in [-0.15, -0.1) is 0 Å². The van der Waals surface area contributed by atoms with Crippen molar-refractivity contribution in [2.75, 3.05) is 0 Å². The molecule has 2 rings (SSSR count). The van der Waals surface area contributed by atoms with E-state index in [4.69, 9.17) is 23.2 Å². The third-order valence-electron chi connectivity index (χ3n) is 2.83. The fraction of sp³-hybridized carbons (Fsp3) is 0.214. The second-order valence-corrected chi connectivity index (χ2v) is 5.27. The number of aromatic nitrogens is 1. The Morgan fingerprint density at radius 1 is 1.28 bits per heavy atom. The lowest BCUT2D eigenvalue weighted by Gasteiger charge is -2.24. The van der Waals surface area contributed by atoms with Crippen LogP contribution in [0.1, 0.15) is 18.1 Å². The zero-order chi connectivity index (χ0) is 13.2. The molecule has 4 heteroatoms. The Morgan fingerprint density at radius 2 is 2.06 bits per heavy atom. The molecule has 0 radical (unpaired) electrons. The van der Waals surface area contributed by atoms with Crippen molar-refractivity contribution in [1.82, 2.24) is 4.98 Å². The second-order valence-electron chi connectivity index (χ2n) is 4.43. The summed E-state index contributed by atoms with van der Waals surface area (Å²) in [5.74, 6) is 0. The minimum atomic E-state index is -1.01. The highest BCUT2D eigenvalue weighted by molar-refractivity contribution is 6.35. The summed E-state index contributed by atoms with van der Waals surface area (Å²) in [6.07, 6.45) is 3.74. The molecule has 0 aliphatic carbocycles. The smallest absolute Gasteiger partial charge is 0.0924 e. The van der Waals surface area contributed by atoms with Gasteiger partial charge in [-0.3, -0.25) is 4.98 Å². The zero-order valence-corrected chi connectivity index (χ0v) is 11.4. The highest BCUT2D eigenvalue weighted by Crippen LogP contribution is 2.29. The van der Waals surface area contributed by atoms with Crippen LogP contribution in [-0.4, -0.2) is 10.1 Å². The lowest BCUT2D eigenvalue weighted by molar-refractivity contribution is 0.0573. The van der Waals surface area contributed by atoms with Crippen LogP contribution < -0.4 is 0 Å². The molecule has 94 valence electrons. The van der Waals surface area contributed by atoms with E-state index in [-0.39, 0.29) is 0 Å². The van der Waals surface area contributed by atoms with Gasteiger partial charge in [0.25, 0.3) is 0 Å². The van der Waals surface area contributed by atoms with Gasteiger partial charge in [-0.2, -0.15) is 0 Å². The van der Waals surface area contributed by atoms with E-state index < -0.39 is 5.60 Å². The summed E-state index contributed by atoms with van der Waals surface area (Å²) in [6.45, 7) is 1.74. The minimum Gasteiger partial charge on any atom is -0.385 e. The molecule has 0 saturated heterocycles. The second kappa shape index (κ2) is 5.27. The number of hydrogen-bond acceptors (Lipinski definition) is 2. The van der Waals surface area contributed by atoms with Crippen molar-refractivity contribution in [3.05, 3.63) is 63.9 Å². The van der Waals surface area contributed by atoms with E-state index in [9.17, 15) is 5.11 Å². The van der Waals surface area contributed by atoms with Gasteiger partial charge in [-0.25, -0.2) is 0 Å². The van der Waals surface area contributed by atoms with Crippen molar-refractivity contribution in [2.45, 2.75) is 18.9 Å². The van der Waals surface area contributed by atoms with Crippen molar-refractivity contribution in [3.8, 4) is 0 Å². The van der Waals surface area contributed by atoms with Crippen molar-refractivity contribution >= 4 is 23.2 Å². The van der Waals surface area contributed by atoms with E-state index in [1.165, 1.54) is 0 Å². The van der Waals surface area contributed by atoms with E-state index in [2.05, 4.69) is 4.98 Å². The van der Waals surface area contributed by atoms with Crippen LogP contribution in [0.25, 0.3) is 0 Å². The molecule has 0 spiro atoms. The minimum absolute atomic E-state index is 0.411. The van der Waals surface area contributed by atoms with Crippen LogP contribution >= 0.6 is 23.2 Å². The van der Waals surface area contributed by atoms with Gasteiger partial charge >= 0.3 is 0 Å². The number of nitrogens with zero attached hydrogens (tertiary/aromatic N) is 1. The maximum atomic E-state index is 10.5. The molecule has 18 heavy (non-hydrogen) atoms. The third kappa shape index (κ3) is 3.02. The summed E-state index contributed by atoms with van der Waals surface area (Å²) in [5.41, 5.74) is 0.608. The van der Waals surface area contributed by atoms with Crippen molar-refractivity contribution in [2.24, 2.45) is 0 Å². The number of halogens is 2. The molecule has 1 unspecified atom stereocenters. The Balaban J connectivity index is 2.28. The monoisotopic (exact) mass is 281 g/mol. The molecule has 0 saturated carbocycles. The van der Waals surface area contributed by atoms with Gasteiger partial charge in [0.05, 0.1) is 5.60 Å². The predicted molar refractivity (Wildman–Crippen MR) is 74.0 cm³/mol. The number of aliphatic hydroxyl groups is 1. The Bertz CT molecular complexity index is 541. The zero-order valence-electron chi connectivity index (χ0n) is 9.90. The molecule has 0 amide bonds. The predicted octanol–water partition coefficient (Wildman–Crippen LogP) is 3.84. The summed E-state index contributed by atoms with van der Waals surface area (Å²) in [6, 6.07) is 8.92. The van der Waals surface area contributed by atoms with Crippen LogP contribution in [0.5, 0.6) is 0 Å². The molecule has 1 heterocycles. The van der Waals surface area contributed by atoms with Gasteiger partial charge in [0.1, 0.15) is 0 Å². The molecular weight excluding hydrogens is 269 g/mol. The van der Waals surface area contributed by atoms with Gasteiger partial charge in [-0.1, -0.05) is 35.3 Å². The summed E-state index contributed by atoms with van der Waals surface area (Å²) in [4.78, 5) is 4.02. The first kappa shape index (κ1) is 13.3. The largest absolute Gasteiger partial charge is 0.385 e. The fourth-order valence-electron chi connectivity index (χ4n) is 1.82. The molecule has 0 fully saturated rings. The number of benzene rings is 1. The first-order chi connectivity index (χ1) is 8.49. The van der Waals surface area contributed by atoms with Crippen LogP contribution in [0.3, 0.4) is 0 Å². The molecule has 2 aromatic rings. The van der Waals surface area contributed by atoms with Gasteiger partial charge in [0, 0.05) is 34.4 Å². The maximum Gasteiger partial charge on any atom is 0.0924 e. The summed E-state index contributed by atoms with van der Waals surface area (Å²) >= 11 is 12.0. The Hall–Kier alpha value is -1.09. The highest BCUT2D eigenvalue weighted by Gasteiger charge is 2.24. The third-order valence-corrected chi connectivity index (χ3v) is 3.42. The van der Waals surface area contributed by atoms with E-state index >= 15 is 0 Å². The van der Waals surface area contributed by atoms with Gasteiger partial charge in [0.2, 0.25) is 0 Å². The van der Waals surface area contributed by atoms with Crippen LogP contribution in [0.2, 0.25) is 10.0 Å². The Morgan fingerprint density at radius 3 is 2.67 bits per heavy atom. The molecule has 2 nitrogen and oxygen atoms in total. The summed E-state index contributed by atoms with van der Waals surface area (Å²) < 4.78 is 0. The van der Waals surface area contributed by atoms with Crippen LogP contribution in [0.4, 0.5) is 0 Å². The van der Waals surface area contributed by atoms with Gasteiger partial charge in [0.15, 0.2) is 0 Å².